The van der Waals surface area contributed by atoms with Crippen molar-refractivity contribution in [1.29, 1.82) is 0 Å². The average Bonchev–Trinajstić information content (AvgIpc) is 3.19. The molecule has 0 spiro atoms. The Kier molecular flexibility index (Phi) is 4.90. The van der Waals surface area contributed by atoms with Crippen LogP contribution in [0.15, 0.2) is 35.7 Å². The topological polar surface area (TPSA) is 71.5 Å². The second-order valence-corrected chi connectivity index (χ2v) is 6.34. The molecule has 6 nitrogen and oxygen atoms in total. The molecule has 1 aromatic heterocycles. The van der Waals surface area contributed by atoms with Crippen LogP contribution in [0.3, 0.4) is 0 Å². The molecule has 1 aliphatic rings. The van der Waals surface area contributed by atoms with Crippen LogP contribution >= 0.6 is 11.3 Å². The number of benzene rings is 1. The Morgan fingerprint density at radius 1 is 1.50 bits per heavy atom. The summed E-state index contributed by atoms with van der Waals surface area (Å²) in [5.41, 5.74) is 2.47. The number of ether oxygens (including phenoxy) is 1. The van der Waals surface area contributed by atoms with Gasteiger partial charge in [0.05, 0.1) is 17.2 Å². The number of cyclic esters (lactones) is 1. The van der Waals surface area contributed by atoms with Crippen molar-refractivity contribution in [2.75, 3.05) is 18.1 Å². The van der Waals surface area contributed by atoms with Crippen molar-refractivity contribution >= 4 is 35.1 Å². The first kappa shape index (κ1) is 16.2. The summed E-state index contributed by atoms with van der Waals surface area (Å²) in [5, 5.41) is 5.69. The summed E-state index contributed by atoms with van der Waals surface area (Å²) >= 11 is 1.54. The lowest BCUT2D eigenvalue weighted by molar-refractivity contribution is -0.116. The molecule has 0 saturated carbocycles. The molecule has 124 valence electrons. The molecule has 1 aliphatic heterocycles. The van der Waals surface area contributed by atoms with Crippen LogP contribution in [-0.2, 0) is 16.1 Å². The van der Waals surface area contributed by atoms with Crippen molar-refractivity contribution in [3.63, 3.8) is 0 Å². The number of nitrogens with one attached hydrogen (secondary N) is 1. The van der Waals surface area contributed by atoms with Gasteiger partial charge in [-0.05, 0) is 30.7 Å². The van der Waals surface area contributed by atoms with Gasteiger partial charge in [-0.2, -0.15) is 0 Å². The van der Waals surface area contributed by atoms with Gasteiger partial charge < -0.3 is 10.1 Å². The SMILES string of the molecule is Cc1nc(C=CC(=O)NCc2cccc(N3CCOC3=O)c2)cs1. The molecule has 1 N–H and O–H groups in total. The molecule has 24 heavy (non-hydrogen) atoms. The molecule has 2 amide bonds. The van der Waals surface area contributed by atoms with Crippen molar-refractivity contribution in [3.8, 4) is 0 Å². The Hall–Kier alpha value is -2.67. The van der Waals surface area contributed by atoms with Gasteiger partial charge in [0.2, 0.25) is 5.91 Å². The highest BCUT2D eigenvalue weighted by molar-refractivity contribution is 7.09. The van der Waals surface area contributed by atoms with E-state index < -0.39 is 0 Å². The summed E-state index contributed by atoms with van der Waals surface area (Å²) in [4.78, 5) is 29.3. The number of amides is 2. The van der Waals surface area contributed by atoms with Crippen molar-refractivity contribution in [3.05, 3.63) is 52.0 Å². The van der Waals surface area contributed by atoms with E-state index in [1.807, 2.05) is 36.6 Å². The van der Waals surface area contributed by atoms with Crippen LogP contribution in [0.4, 0.5) is 10.5 Å². The molecule has 1 saturated heterocycles. The minimum Gasteiger partial charge on any atom is -0.447 e. The maximum absolute atomic E-state index is 11.9. The summed E-state index contributed by atoms with van der Waals surface area (Å²) in [6, 6.07) is 7.48. The molecule has 0 atom stereocenters. The Bertz CT molecular complexity index is 785. The average molecular weight is 343 g/mol. The Morgan fingerprint density at radius 3 is 3.08 bits per heavy atom. The predicted octanol–water partition coefficient (Wildman–Crippen LogP) is 2.74. The number of hydrogen-bond acceptors (Lipinski definition) is 5. The lowest BCUT2D eigenvalue weighted by atomic mass is 10.2. The van der Waals surface area contributed by atoms with Gasteiger partial charge in [-0.3, -0.25) is 9.69 Å². The zero-order valence-corrected chi connectivity index (χ0v) is 14.0. The lowest BCUT2D eigenvalue weighted by Gasteiger charge is -2.13. The number of nitrogens with zero attached hydrogens (tertiary/aromatic N) is 2. The van der Waals surface area contributed by atoms with Crippen molar-refractivity contribution in [2.24, 2.45) is 0 Å². The smallest absolute Gasteiger partial charge is 0.414 e. The zero-order valence-electron chi connectivity index (χ0n) is 13.2. The van der Waals surface area contributed by atoms with Crippen LogP contribution in [0.5, 0.6) is 0 Å². The first-order valence-corrected chi connectivity index (χ1v) is 8.41. The van der Waals surface area contributed by atoms with E-state index >= 15 is 0 Å². The standard InChI is InChI=1S/C17H17N3O3S/c1-12-19-14(11-24-12)5-6-16(21)18-10-13-3-2-4-15(9-13)20-7-8-23-17(20)22/h2-6,9,11H,7-8,10H2,1H3,(H,18,21). The molecule has 2 aromatic rings. The van der Waals surface area contributed by atoms with Gasteiger partial charge in [-0.25, -0.2) is 9.78 Å². The lowest BCUT2D eigenvalue weighted by Crippen LogP contribution is -2.24. The van der Waals surface area contributed by atoms with Gasteiger partial charge in [0.15, 0.2) is 0 Å². The Labute approximate surface area is 143 Å². The molecule has 0 bridgehead atoms. The fourth-order valence-corrected chi connectivity index (χ4v) is 2.91. The minimum absolute atomic E-state index is 0.188. The van der Waals surface area contributed by atoms with Gasteiger partial charge >= 0.3 is 6.09 Å². The Balaban J connectivity index is 1.57. The fourth-order valence-electron chi connectivity index (χ4n) is 2.33. The molecule has 0 aliphatic carbocycles. The maximum Gasteiger partial charge on any atom is 0.414 e. The van der Waals surface area contributed by atoms with Crippen LogP contribution < -0.4 is 10.2 Å². The van der Waals surface area contributed by atoms with Gasteiger partial charge in [0, 0.05) is 23.7 Å². The largest absolute Gasteiger partial charge is 0.447 e. The summed E-state index contributed by atoms with van der Waals surface area (Å²) in [7, 11) is 0. The molecule has 1 fully saturated rings. The minimum atomic E-state index is -0.335. The van der Waals surface area contributed by atoms with Crippen LogP contribution in [0.1, 0.15) is 16.3 Å². The number of anilines is 1. The molecular weight excluding hydrogens is 326 g/mol. The third kappa shape index (κ3) is 3.99. The number of aryl methyl sites for hydroxylation is 1. The highest BCUT2D eigenvalue weighted by Crippen LogP contribution is 2.19. The summed E-state index contributed by atoms with van der Waals surface area (Å²) in [5.74, 6) is -0.188. The third-order valence-electron chi connectivity index (χ3n) is 3.49. The van der Waals surface area contributed by atoms with Gasteiger partial charge in [-0.15, -0.1) is 11.3 Å². The number of hydrogen-bond donors (Lipinski definition) is 1. The molecular formula is C17H17N3O3S. The molecule has 0 radical (unpaired) electrons. The van der Waals surface area contributed by atoms with E-state index in [9.17, 15) is 9.59 Å². The van der Waals surface area contributed by atoms with E-state index in [-0.39, 0.29) is 12.0 Å². The van der Waals surface area contributed by atoms with E-state index in [1.54, 1.807) is 22.3 Å². The summed E-state index contributed by atoms with van der Waals surface area (Å²) in [6.07, 6.45) is 2.82. The number of thiazole rings is 1. The highest BCUT2D eigenvalue weighted by atomic mass is 32.1. The van der Waals surface area contributed by atoms with Crippen molar-refractivity contribution in [2.45, 2.75) is 13.5 Å². The van der Waals surface area contributed by atoms with Gasteiger partial charge in [0.25, 0.3) is 0 Å². The van der Waals surface area contributed by atoms with E-state index in [0.29, 0.717) is 19.7 Å². The molecule has 0 unspecified atom stereocenters. The van der Waals surface area contributed by atoms with E-state index in [4.69, 9.17) is 4.74 Å². The quantitative estimate of drug-likeness (QED) is 0.848. The van der Waals surface area contributed by atoms with Gasteiger partial charge in [-0.1, -0.05) is 12.1 Å². The summed E-state index contributed by atoms with van der Waals surface area (Å²) < 4.78 is 4.94. The highest BCUT2D eigenvalue weighted by Gasteiger charge is 2.23. The van der Waals surface area contributed by atoms with E-state index in [1.165, 1.54) is 6.08 Å². The Morgan fingerprint density at radius 2 is 2.38 bits per heavy atom. The van der Waals surface area contributed by atoms with Crippen LogP contribution in [-0.4, -0.2) is 30.1 Å². The molecule has 2 heterocycles. The normalized spacial score (nSPS) is 14.2. The molecule has 7 heteroatoms. The maximum atomic E-state index is 11.9. The first-order chi connectivity index (χ1) is 11.6. The number of aromatic nitrogens is 1. The third-order valence-corrected chi connectivity index (χ3v) is 4.28. The van der Waals surface area contributed by atoms with Crippen LogP contribution in [0.25, 0.3) is 6.08 Å². The van der Waals surface area contributed by atoms with Crippen molar-refractivity contribution in [1.82, 2.24) is 10.3 Å². The number of rotatable bonds is 5. The fraction of sp³-hybridized carbons (Fsp3) is 0.235. The second kappa shape index (κ2) is 7.27. The first-order valence-electron chi connectivity index (χ1n) is 7.53. The van der Waals surface area contributed by atoms with Gasteiger partial charge in [0.1, 0.15) is 6.61 Å². The van der Waals surface area contributed by atoms with Crippen molar-refractivity contribution < 1.29 is 14.3 Å². The molecule has 3 rings (SSSR count). The second-order valence-electron chi connectivity index (χ2n) is 5.28. The number of carbonyl (C=O) groups is 2. The van der Waals surface area contributed by atoms with Crippen LogP contribution in [0, 0.1) is 6.92 Å². The summed E-state index contributed by atoms with van der Waals surface area (Å²) in [6.45, 7) is 3.26. The monoisotopic (exact) mass is 343 g/mol. The number of carbonyl (C=O) groups excluding carboxylic acids is 2. The zero-order chi connectivity index (χ0) is 16.9. The van der Waals surface area contributed by atoms with E-state index in [2.05, 4.69) is 10.3 Å². The molecule has 1 aromatic carbocycles. The van der Waals surface area contributed by atoms with Crippen LogP contribution in [0.2, 0.25) is 0 Å². The predicted molar refractivity (Wildman–Crippen MR) is 92.9 cm³/mol. The van der Waals surface area contributed by atoms with E-state index in [0.717, 1.165) is 22.0 Å².